The van der Waals surface area contributed by atoms with Gasteiger partial charge >= 0.3 is 0 Å². The lowest BCUT2D eigenvalue weighted by molar-refractivity contribution is -0.137. The highest BCUT2D eigenvalue weighted by Gasteiger charge is 2.33. The molecule has 2 amide bonds. The standard InChI is InChI=1S/C16H32N2O6S2/c1-15(2,9-19)11(21)13(23)17-5-7-25-26-8-6-18-14(24)12(22)16(3,4)10-20/h11-12,19-22H,5-10H2,1-4H3,(H,17,23)(H,18,24). The van der Waals surface area contributed by atoms with Crippen molar-refractivity contribution in [2.24, 2.45) is 10.8 Å². The minimum absolute atomic E-state index is 0.290. The number of aliphatic hydroxyl groups is 4. The van der Waals surface area contributed by atoms with E-state index in [1.807, 2.05) is 0 Å². The summed E-state index contributed by atoms with van der Waals surface area (Å²) in [6.07, 6.45) is -2.54. The van der Waals surface area contributed by atoms with Crippen LogP contribution in [0.2, 0.25) is 0 Å². The molecule has 0 fully saturated rings. The zero-order valence-electron chi connectivity index (χ0n) is 15.8. The Hall–Kier alpha value is -0.520. The van der Waals surface area contributed by atoms with Crippen LogP contribution in [0.1, 0.15) is 27.7 Å². The van der Waals surface area contributed by atoms with Crippen LogP contribution in [0, 0.1) is 10.8 Å². The van der Waals surface area contributed by atoms with Gasteiger partial charge in [0.25, 0.3) is 0 Å². The minimum Gasteiger partial charge on any atom is -0.396 e. The van der Waals surface area contributed by atoms with Crippen LogP contribution in [0.4, 0.5) is 0 Å². The smallest absolute Gasteiger partial charge is 0.249 e. The first-order valence-electron chi connectivity index (χ1n) is 8.37. The average Bonchev–Trinajstić information content (AvgIpc) is 2.61. The molecular formula is C16H32N2O6S2. The number of nitrogens with one attached hydrogen (secondary N) is 2. The van der Waals surface area contributed by atoms with Gasteiger partial charge in [0.05, 0.1) is 13.2 Å². The monoisotopic (exact) mass is 412 g/mol. The van der Waals surface area contributed by atoms with Gasteiger partial charge in [-0.2, -0.15) is 0 Å². The molecule has 0 aromatic heterocycles. The van der Waals surface area contributed by atoms with Gasteiger partial charge in [-0.1, -0.05) is 49.3 Å². The molecule has 0 saturated heterocycles. The van der Waals surface area contributed by atoms with Crippen molar-refractivity contribution >= 4 is 33.4 Å². The van der Waals surface area contributed by atoms with E-state index < -0.39 is 34.9 Å². The fourth-order valence-corrected chi connectivity index (χ4v) is 3.44. The van der Waals surface area contributed by atoms with Crippen LogP contribution in [0.25, 0.3) is 0 Å². The molecule has 2 unspecified atom stereocenters. The first-order valence-corrected chi connectivity index (χ1v) is 10.9. The molecule has 8 nitrogen and oxygen atoms in total. The van der Waals surface area contributed by atoms with E-state index in [9.17, 15) is 19.8 Å². The van der Waals surface area contributed by atoms with E-state index in [0.717, 1.165) is 0 Å². The normalized spacial score (nSPS) is 14.6. The Kier molecular flexibility index (Phi) is 11.8. The van der Waals surface area contributed by atoms with Crippen molar-refractivity contribution in [3.8, 4) is 0 Å². The van der Waals surface area contributed by atoms with E-state index in [4.69, 9.17) is 10.2 Å². The molecule has 0 spiro atoms. The summed E-state index contributed by atoms with van der Waals surface area (Å²) in [7, 11) is 3.01. The number of carbonyl (C=O) groups excluding carboxylic acids is 2. The molecule has 26 heavy (non-hydrogen) atoms. The van der Waals surface area contributed by atoms with Crippen molar-refractivity contribution in [2.75, 3.05) is 37.8 Å². The molecule has 0 radical (unpaired) electrons. The Bertz CT molecular complexity index is 408. The van der Waals surface area contributed by atoms with E-state index >= 15 is 0 Å². The summed E-state index contributed by atoms with van der Waals surface area (Å²) in [6, 6.07) is 0. The Morgan fingerprint density at radius 2 is 1.12 bits per heavy atom. The SMILES string of the molecule is CC(C)(CO)C(O)C(=O)NCCSSCCNC(=O)C(O)C(C)(C)CO. The van der Waals surface area contributed by atoms with E-state index in [-0.39, 0.29) is 13.2 Å². The third-order valence-electron chi connectivity index (χ3n) is 3.84. The molecular weight excluding hydrogens is 380 g/mol. The van der Waals surface area contributed by atoms with Crippen molar-refractivity contribution in [1.29, 1.82) is 0 Å². The average molecular weight is 413 g/mol. The Labute approximate surface area is 162 Å². The van der Waals surface area contributed by atoms with Gasteiger partial charge in [-0.05, 0) is 0 Å². The molecule has 0 aromatic rings. The Morgan fingerprint density at radius 1 is 0.808 bits per heavy atom. The highest BCUT2D eigenvalue weighted by Crippen LogP contribution is 2.22. The van der Waals surface area contributed by atoms with E-state index in [2.05, 4.69) is 10.6 Å². The van der Waals surface area contributed by atoms with Gasteiger partial charge < -0.3 is 31.1 Å². The molecule has 0 bridgehead atoms. The molecule has 0 aliphatic heterocycles. The lowest BCUT2D eigenvalue weighted by atomic mass is 9.87. The molecule has 154 valence electrons. The summed E-state index contributed by atoms with van der Waals surface area (Å²) >= 11 is 0. The predicted molar refractivity (Wildman–Crippen MR) is 105 cm³/mol. The van der Waals surface area contributed by atoms with Crippen LogP contribution >= 0.6 is 21.6 Å². The molecule has 6 N–H and O–H groups in total. The van der Waals surface area contributed by atoms with Gasteiger partial charge in [-0.3, -0.25) is 9.59 Å². The van der Waals surface area contributed by atoms with E-state index in [1.54, 1.807) is 27.7 Å². The largest absolute Gasteiger partial charge is 0.396 e. The van der Waals surface area contributed by atoms with Crippen molar-refractivity contribution < 1.29 is 30.0 Å². The highest BCUT2D eigenvalue weighted by molar-refractivity contribution is 8.76. The second-order valence-corrected chi connectivity index (χ2v) is 10.0. The van der Waals surface area contributed by atoms with Crippen LogP contribution in [-0.2, 0) is 9.59 Å². The van der Waals surface area contributed by atoms with Gasteiger partial charge in [0.1, 0.15) is 12.2 Å². The third-order valence-corrected chi connectivity index (χ3v) is 6.25. The molecule has 0 aliphatic carbocycles. The second-order valence-electron chi connectivity index (χ2n) is 7.32. The van der Waals surface area contributed by atoms with Crippen LogP contribution in [0.5, 0.6) is 0 Å². The molecule has 2 atom stereocenters. The fraction of sp³-hybridized carbons (Fsp3) is 0.875. The summed E-state index contributed by atoms with van der Waals surface area (Å²) in [5.41, 5.74) is -1.78. The number of rotatable bonds is 13. The molecule has 0 rings (SSSR count). The lowest BCUT2D eigenvalue weighted by Gasteiger charge is -2.27. The Morgan fingerprint density at radius 3 is 1.38 bits per heavy atom. The first-order chi connectivity index (χ1) is 12.0. The first kappa shape index (κ1) is 25.5. The molecule has 0 aromatic carbocycles. The lowest BCUT2D eigenvalue weighted by Crippen LogP contribution is -2.46. The third kappa shape index (κ3) is 8.92. The van der Waals surface area contributed by atoms with Crippen molar-refractivity contribution in [2.45, 2.75) is 39.9 Å². The number of aliphatic hydroxyl groups excluding tert-OH is 4. The van der Waals surface area contributed by atoms with Gasteiger partial charge in [0.2, 0.25) is 11.8 Å². The summed E-state index contributed by atoms with van der Waals surface area (Å²) in [4.78, 5) is 23.5. The maximum absolute atomic E-state index is 11.8. The fourth-order valence-electron chi connectivity index (χ4n) is 1.63. The summed E-state index contributed by atoms with van der Waals surface area (Å²) in [6.45, 7) is 6.60. The highest BCUT2D eigenvalue weighted by atomic mass is 33.1. The zero-order chi connectivity index (χ0) is 20.4. The predicted octanol–water partition coefficient (Wildman–Crippen LogP) is -0.641. The summed E-state index contributed by atoms with van der Waals surface area (Å²) < 4.78 is 0. The molecule has 0 heterocycles. The van der Waals surface area contributed by atoms with Crippen LogP contribution in [0.15, 0.2) is 0 Å². The molecule has 0 saturated carbocycles. The van der Waals surface area contributed by atoms with E-state index in [0.29, 0.717) is 24.6 Å². The van der Waals surface area contributed by atoms with Gasteiger partial charge in [-0.15, -0.1) is 0 Å². The van der Waals surface area contributed by atoms with Crippen LogP contribution in [0.3, 0.4) is 0 Å². The minimum atomic E-state index is -1.27. The van der Waals surface area contributed by atoms with Gasteiger partial charge in [0.15, 0.2) is 0 Å². The summed E-state index contributed by atoms with van der Waals surface area (Å²) in [5.74, 6) is 0.220. The van der Waals surface area contributed by atoms with Gasteiger partial charge in [0, 0.05) is 35.4 Å². The van der Waals surface area contributed by atoms with E-state index in [1.165, 1.54) is 21.6 Å². The molecule has 0 aliphatic rings. The maximum Gasteiger partial charge on any atom is 0.249 e. The molecule has 10 heteroatoms. The quantitative estimate of drug-likeness (QED) is 0.173. The second kappa shape index (κ2) is 12.0. The Balaban J connectivity index is 3.80. The van der Waals surface area contributed by atoms with Crippen molar-refractivity contribution in [3.05, 3.63) is 0 Å². The number of amides is 2. The zero-order valence-corrected chi connectivity index (χ0v) is 17.5. The number of hydrogen-bond acceptors (Lipinski definition) is 8. The van der Waals surface area contributed by atoms with Crippen LogP contribution in [-0.4, -0.2) is 82.3 Å². The van der Waals surface area contributed by atoms with Crippen molar-refractivity contribution in [3.63, 3.8) is 0 Å². The van der Waals surface area contributed by atoms with Crippen LogP contribution < -0.4 is 10.6 Å². The van der Waals surface area contributed by atoms with Gasteiger partial charge in [-0.25, -0.2) is 0 Å². The maximum atomic E-state index is 11.8. The summed E-state index contributed by atoms with van der Waals surface area (Å²) in [5, 5.41) is 43.1. The topological polar surface area (TPSA) is 139 Å². The van der Waals surface area contributed by atoms with Crippen molar-refractivity contribution in [1.82, 2.24) is 10.6 Å². The number of hydrogen-bond donors (Lipinski definition) is 6. The number of carbonyl (C=O) groups is 2.